The van der Waals surface area contributed by atoms with Gasteiger partial charge in [-0.2, -0.15) is 0 Å². The molecular formula is C58H44N2. The van der Waals surface area contributed by atoms with Gasteiger partial charge in [0.1, 0.15) is 0 Å². The van der Waals surface area contributed by atoms with E-state index >= 15 is 0 Å². The van der Waals surface area contributed by atoms with E-state index in [0.29, 0.717) is 0 Å². The lowest BCUT2D eigenvalue weighted by molar-refractivity contribution is 1.28. The van der Waals surface area contributed by atoms with Gasteiger partial charge in [-0.15, -0.1) is 0 Å². The van der Waals surface area contributed by atoms with Gasteiger partial charge >= 0.3 is 0 Å². The van der Waals surface area contributed by atoms with Crippen LogP contribution in [0.5, 0.6) is 0 Å². The smallest absolute Gasteiger partial charge is 0.0462 e. The van der Waals surface area contributed by atoms with Crippen molar-refractivity contribution in [3.63, 3.8) is 0 Å². The maximum Gasteiger partial charge on any atom is 0.0462 e. The van der Waals surface area contributed by atoms with Crippen LogP contribution in [0.3, 0.4) is 0 Å². The molecule has 2 heteroatoms. The molecule has 9 aromatic carbocycles. The quantitative estimate of drug-likeness (QED) is 0.114. The normalized spacial score (nSPS) is 11.2. The molecule has 2 nitrogen and oxygen atoms in total. The van der Waals surface area contributed by atoms with Gasteiger partial charge in [0.05, 0.1) is 0 Å². The summed E-state index contributed by atoms with van der Waals surface area (Å²) < 4.78 is 0. The first-order valence-corrected chi connectivity index (χ1v) is 20.4. The summed E-state index contributed by atoms with van der Waals surface area (Å²) in [6.45, 7) is 0. The second-order valence-corrected chi connectivity index (χ2v) is 14.7. The molecule has 0 aromatic heterocycles. The van der Waals surface area contributed by atoms with Crippen LogP contribution in [0.25, 0.3) is 46.6 Å². The molecule has 0 radical (unpaired) electrons. The third-order valence-corrected chi connectivity index (χ3v) is 10.7. The Balaban J connectivity index is 0.861. The number of anilines is 6. The van der Waals surface area contributed by atoms with Crippen LogP contribution >= 0.6 is 0 Å². The molecular weight excluding hydrogens is 725 g/mol. The second kappa shape index (κ2) is 18.1. The van der Waals surface area contributed by atoms with Crippen LogP contribution in [0.1, 0.15) is 22.3 Å². The maximum absolute atomic E-state index is 2.30. The molecule has 0 saturated carbocycles. The first kappa shape index (κ1) is 37.6. The van der Waals surface area contributed by atoms with Crippen molar-refractivity contribution in [1.82, 2.24) is 0 Å². The molecule has 9 aromatic rings. The van der Waals surface area contributed by atoms with Crippen molar-refractivity contribution in [1.29, 1.82) is 0 Å². The van der Waals surface area contributed by atoms with Gasteiger partial charge in [-0.3, -0.25) is 0 Å². The first-order chi connectivity index (χ1) is 29.7. The van der Waals surface area contributed by atoms with Crippen molar-refractivity contribution >= 4 is 58.4 Å². The maximum atomic E-state index is 2.30. The molecule has 0 amide bonds. The number of benzene rings is 9. The van der Waals surface area contributed by atoms with E-state index in [0.717, 1.165) is 56.4 Å². The number of hydrogen-bond donors (Lipinski definition) is 0. The number of nitrogens with zero attached hydrogens (tertiary/aromatic N) is 2. The highest BCUT2D eigenvalue weighted by atomic mass is 15.1. The molecule has 0 unspecified atom stereocenters. The number of para-hydroxylation sites is 2. The third-order valence-electron chi connectivity index (χ3n) is 10.7. The Labute approximate surface area is 353 Å². The van der Waals surface area contributed by atoms with E-state index in [1.165, 1.54) is 22.3 Å². The third kappa shape index (κ3) is 8.95. The zero-order chi connectivity index (χ0) is 40.4. The van der Waals surface area contributed by atoms with Crippen LogP contribution in [0.4, 0.5) is 34.1 Å². The van der Waals surface area contributed by atoms with Gasteiger partial charge in [0.2, 0.25) is 0 Å². The highest BCUT2D eigenvalue weighted by Crippen LogP contribution is 2.37. The molecule has 0 bridgehead atoms. The molecule has 0 aliphatic heterocycles. The van der Waals surface area contributed by atoms with Crippen LogP contribution in [-0.4, -0.2) is 0 Å². The standard InChI is InChI=1S/C58H44N2/c1-5-13-49(14-6-1)51-33-41-57(42-34-51)59(53-17-9-3-10-18-53)55-37-29-47(30-38-55)27-25-45-21-23-46(24-22-45)26-28-48-31-39-56(40-32-48)60(54-19-11-4-12-20-54)58-43-35-52(36-44-58)50-15-7-2-8-16-50/h1-44H. The Morgan fingerprint density at radius 3 is 0.667 bits per heavy atom. The van der Waals surface area contributed by atoms with Crippen LogP contribution in [-0.2, 0) is 0 Å². The first-order valence-electron chi connectivity index (χ1n) is 20.4. The van der Waals surface area contributed by atoms with Crippen LogP contribution in [0, 0.1) is 0 Å². The van der Waals surface area contributed by atoms with Crippen molar-refractivity contribution in [3.8, 4) is 22.3 Å². The van der Waals surface area contributed by atoms with E-state index in [9.17, 15) is 0 Å². The molecule has 286 valence electrons. The van der Waals surface area contributed by atoms with E-state index in [1.807, 2.05) is 0 Å². The summed E-state index contributed by atoms with van der Waals surface area (Å²) in [5.41, 5.74) is 16.1. The molecule has 0 heterocycles. The topological polar surface area (TPSA) is 6.48 Å². The van der Waals surface area contributed by atoms with E-state index in [-0.39, 0.29) is 0 Å². The summed E-state index contributed by atoms with van der Waals surface area (Å²) in [4.78, 5) is 4.60. The lowest BCUT2D eigenvalue weighted by Crippen LogP contribution is -2.09. The van der Waals surface area contributed by atoms with E-state index in [1.54, 1.807) is 0 Å². The summed E-state index contributed by atoms with van der Waals surface area (Å²) in [6, 6.07) is 85.9. The van der Waals surface area contributed by atoms with E-state index in [2.05, 4.69) is 277 Å². The Hall–Kier alpha value is -7.94. The average Bonchev–Trinajstić information content (AvgIpc) is 3.33. The molecule has 0 spiro atoms. The average molecular weight is 769 g/mol. The molecule has 0 aliphatic rings. The minimum Gasteiger partial charge on any atom is -0.311 e. The lowest BCUT2D eigenvalue weighted by atomic mass is 10.0. The Morgan fingerprint density at radius 1 is 0.183 bits per heavy atom. The van der Waals surface area contributed by atoms with Gasteiger partial charge in [-0.1, -0.05) is 194 Å². The summed E-state index contributed by atoms with van der Waals surface area (Å²) in [7, 11) is 0. The van der Waals surface area contributed by atoms with Gasteiger partial charge in [-0.05, 0) is 117 Å². The van der Waals surface area contributed by atoms with E-state index in [4.69, 9.17) is 0 Å². The van der Waals surface area contributed by atoms with Crippen molar-refractivity contribution in [2.75, 3.05) is 9.80 Å². The highest BCUT2D eigenvalue weighted by Gasteiger charge is 2.14. The fourth-order valence-corrected chi connectivity index (χ4v) is 7.49. The lowest BCUT2D eigenvalue weighted by Gasteiger charge is -2.25. The van der Waals surface area contributed by atoms with Gasteiger partial charge in [0, 0.05) is 34.1 Å². The van der Waals surface area contributed by atoms with Crippen LogP contribution in [0.2, 0.25) is 0 Å². The van der Waals surface area contributed by atoms with Gasteiger partial charge in [0.25, 0.3) is 0 Å². The van der Waals surface area contributed by atoms with Gasteiger partial charge in [-0.25, -0.2) is 0 Å². The molecule has 60 heavy (non-hydrogen) atoms. The SMILES string of the molecule is C(=Cc1ccc(N(c2ccccc2)c2ccc(-c3ccccc3)cc2)cc1)c1ccc(C=Cc2ccc(N(c3ccccc3)c3ccc(-c4ccccc4)cc3)cc2)cc1. The number of hydrogen-bond acceptors (Lipinski definition) is 2. The number of rotatable bonds is 12. The predicted octanol–water partition coefficient (Wildman–Crippen LogP) is 16.3. The fraction of sp³-hybridized carbons (Fsp3) is 0. The van der Waals surface area contributed by atoms with Gasteiger partial charge in [0.15, 0.2) is 0 Å². The fourth-order valence-electron chi connectivity index (χ4n) is 7.49. The van der Waals surface area contributed by atoms with Crippen LogP contribution in [0.15, 0.2) is 243 Å². The molecule has 0 atom stereocenters. The highest BCUT2D eigenvalue weighted by molar-refractivity contribution is 5.82. The van der Waals surface area contributed by atoms with Gasteiger partial charge < -0.3 is 9.80 Å². The van der Waals surface area contributed by atoms with Crippen LogP contribution < -0.4 is 9.80 Å². The summed E-state index contributed by atoms with van der Waals surface area (Å²) >= 11 is 0. The summed E-state index contributed by atoms with van der Waals surface area (Å²) in [5.74, 6) is 0. The minimum atomic E-state index is 1.11. The summed E-state index contributed by atoms with van der Waals surface area (Å²) in [5, 5.41) is 0. The molecule has 9 rings (SSSR count). The Morgan fingerprint density at radius 2 is 0.383 bits per heavy atom. The van der Waals surface area contributed by atoms with Crippen molar-refractivity contribution in [2.45, 2.75) is 0 Å². The van der Waals surface area contributed by atoms with Crippen molar-refractivity contribution < 1.29 is 0 Å². The monoisotopic (exact) mass is 768 g/mol. The molecule has 0 fully saturated rings. The second-order valence-electron chi connectivity index (χ2n) is 14.7. The Kier molecular flexibility index (Phi) is 11.4. The largest absolute Gasteiger partial charge is 0.311 e. The predicted molar refractivity (Wildman–Crippen MR) is 257 cm³/mol. The summed E-state index contributed by atoms with van der Waals surface area (Å²) in [6.07, 6.45) is 8.69. The van der Waals surface area contributed by atoms with E-state index < -0.39 is 0 Å². The zero-order valence-corrected chi connectivity index (χ0v) is 33.3. The molecule has 0 saturated heterocycles. The minimum absolute atomic E-state index is 1.11. The Bertz CT molecular complexity index is 2580. The van der Waals surface area contributed by atoms with Crippen molar-refractivity contribution in [2.24, 2.45) is 0 Å². The molecule has 0 N–H and O–H groups in total. The zero-order valence-electron chi connectivity index (χ0n) is 33.3. The van der Waals surface area contributed by atoms with Crippen molar-refractivity contribution in [3.05, 3.63) is 265 Å². The molecule has 0 aliphatic carbocycles.